The molecule has 0 saturated carbocycles. The number of benzene rings is 2. The fraction of sp³-hybridized carbons (Fsp3) is 0.296. The molecule has 2 aromatic carbocycles. The van der Waals surface area contributed by atoms with Crippen molar-refractivity contribution in [2.45, 2.75) is 26.2 Å². The van der Waals surface area contributed by atoms with Crippen LogP contribution in [0.4, 0.5) is 0 Å². The van der Waals surface area contributed by atoms with Crippen molar-refractivity contribution in [3.63, 3.8) is 0 Å². The van der Waals surface area contributed by atoms with E-state index in [2.05, 4.69) is 21.2 Å². The molecule has 0 radical (unpaired) electrons. The number of rotatable bonds is 10. The number of carbonyl (C=O) groups is 2. The van der Waals surface area contributed by atoms with Crippen LogP contribution in [0.25, 0.3) is 0 Å². The number of amides is 1. The summed E-state index contributed by atoms with van der Waals surface area (Å²) in [5.41, 5.74) is 7.83. The molecule has 2 aromatic rings. The molecular weight excluding hydrogens is 542 g/mol. The number of methoxy groups -OCH3 is 1. The number of ether oxygens (including phenoxy) is 4. The highest BCUT2D eigenvalue weighted by molar-refractivity contribution is 9.10. The fourth-order valence-electron chi connectivity index (χ4n) is 3.90. The van der Waals surface area contributed by atoms with E-state index >= 15 is 0 Å². The van der Waals surface area contributed by atoms with Crippen LogP contribution in [0.3, 0.4) is 0 Å². The van der Waals surface area contributed by atoms with Gasteiger partial charge < -0.3 is 30.0 Å². The number of allylic oxidation sites excluding steroid dienone is 2. The number of esters is 1. The smallest absolute Gasteiger partial charge is 0.338 e. The van der Waals surface area contributed by atoms with Crippen molar-refractivity contribution in [3.05, 3.63) is 80.9 Å². The fourth-order valence-corrected chi connectivity index (χ4v) is 4.45. The van der Waals surface area contributed by atoms with Gasteiger partial charge >= 0.3 is 5.97 Å². The van der Waals surface area contributed by atoms with Crippen molar-refractivity contribution < 1.29 is 28.5 Å². The molecule has 10 heteroatoms. The Bertz CT molecular complexity index is 1270. The molecule has 37 heavy (non-hydrogen) atoms. The van der Waals surface area contributed by atoms with Crippen LogP contribution in [0.5, 0.6) is 11.5 Å². The third kappa shape index (κ3) is 6.62. The van der Waals surface area contributed by atoms with Crippen LogP contribution in [0.15, 0.2) is 69.7 Å². The molecule has 0 bridgehead atoms. The van der Waals surface area contributed by atoms with E-state index in [0.717, 1.165) is 5.56 Å². The third-order valence-corrected chi connectivity index (χ3v) is 6.32. The zero-order valence-electron chi connectivity index (χ0n) is 20.8. The molecule has 1 aliphatic rings. The molecule has 1 unspecified atom stereocenters. The second-order valence-corrected chi connectivity index (χ2v) is 8.87. The largest absolute Gasteiger partial charge is 0.493 e. The third-order valence-electron chi connectivity index (χ3n) is 5.63. The van der Waals surface area contributed by atoms with Gasteiger partial charge in [0.05, 0.1) is 25.2 Å². The maximum absolute atomic E-state index is 12.8. The average molecular weight is 570 g/mol. The number of carbonyl (C=O) groups excluding carboxylic acids is 2. The molecule has 1 atom stereocenters. The molecule has 0 spiro atoms. The Morgan fingerprint density at radius 2 is 1.95 bits per heavy atom. The van der Waals surface area contributed by atoms with Gasteiger partial charge in [-0.1, -0.05) is 46.3 Å². The van der Waals surface area contributed by atoms with Crippen molar-refractivity contribution >= 4 is 27.8 Å². The van der Waals surface area contributed by atoms with Crippen molar-refractivity contribution in [2.24, 2.45) is 5.73 Å². The van der Waals surface area contributed by atoms with Crippen molar-refractivity contribution in [3.8, 4) is 17.6 Å². The first kappa shape index (κ1) is 27.6. The number of nitrogens with two attached hydrogens (primary N) is 1. The Kier molecular flexibility index (Phi) is 9.57. The zero-order valence-corrected chi connectivity index (χ0v) is 22.4. The maximum atomic E-state index is 12.8. The molecular formula is C27H28BrN3O6. The summed E-state index contributed by atoms with van der Waals surface area (Å²) in [5, 5.41) is 12.6. The van der Waals surface area contributed by atoms with E-state index in [1.54, 1.807) is 26.0 Å². The maximum Gasteiger partial charge on any atom is 0.338 e. The van der Waals surface area contributed by atoms with Gasteiger partial charge in [0.1, 0.15) is 17.4 Å². The molecule has 0 aromatic heterocycles. The summed E-state index contributed by atoms with van der Waals surface area (Å²) >= 11 is 3.51. The first-order valence-electron chi connectivity index (χ1n) is 11.6. The van der Waals surface area contributed by atoms with Gasteiger partial charge in [-0.05, 0) is 43.5 Å². The van der Waals surface area contributed by atoms with Crippen LogP contribution in [0, 0.1) is 11.3 Å². The summed E-state index contributed by atoms with van der Waals surface area (Å²) in [6.07, 6.45) is 0.703. The van der Waals surface area contributed by atoms with Crippen LogP contribution in [-0.2, 0) is 25.5 Å². The van der Waals surface area contributed by atoms with Crippen LogP contribution in [-0.4, -0.2) is 38.7 Å². The number of nitrogens with one attached hydrogen (secondary N) is 1. The first-order valence-corrected chi connectivity index (χ1v) is 12.4. The predicted octanol–water partition coefficient (Wildman–Crippen LogP) is 3.84. The molecule has 1 heterocycles. The lowest BCUT2D eigenvalue weighted by molar-refractivity contribution is -0.139. The lowest BCUT2D eigenvalue weighted by Crippen LogP contribution is -2.30. The number of hydrogen-bond donors (Lipinski definition) is 2. The molecule has 3 rings (SSSR count). The Hall–Kier alpha value is -3.97. The SMILES string of the molecule is CCOC(=O)C1=C(C)OC(N)=C(C#N)C1c1cc(OC)c(OCC(=O)NCCc2ccccc2)cc1Br. The van der Waals surface area contributed by atoms with Gasteiger partial charge in [0, 0.05) is 11.0 Å². The summed E-state index contributed by atoms with van der Waals surface area (Å²) in [7, 11) is 1.45. The van der Waals surface area contributed by atoms with Crippen LogP contribution in [0.1, 0.15) is 30.9 Å². The van der Waals surface area contributed by atoms with E-state index in [1.165, 1.54) is 7.11 Å². The Morgan fingerprint density at radius 1 is 1.22 bits per heavy atom. The van der Waals surface area contributed by atoms with Gasteiger partial charge in [0.25, 0.3) is 5.91 Å². The minimum absolute atomic E-state index is 0.0582. The van der Waals surface area contributed by atoms with Gasteiger partial charge in [0.2, 0.25) is 5.88 Å². The summed E-state index contributed by atoms with van der Waals surface area (Å²) in [4.78, 5) is 25.1. The van der Waals surface area contributed by atoms with Crippen molar-refractivity contribution in [1.82, 2.24) is 5.32 Å². The molecule has 194 valence electrons. The highest BCUT2D eigenvalue weighted by Gasteiger charge is 2.38. The second-order valence-electron chi connectivity index (χ2n) is 8.01. The quantitative estimate of drug-likeness (QED) is 0.412. The Morgan fingerprint density at radius 3 is 2.59 bits per heavy atom. The van der Waals surface area contributed by atoms with Crippen LogP contribution in [0.2, 0.25) is 0 Å². The van der Waals surface area contributed by atoms with Gasteiger partial charge in [0.15, 0.2) is 18.1 Å². The van der Waals surface area contributed by atoms with E-state index in [4.69, 9.17) is 24.7 Å². The van der Waals surface area contributed by atoms with E-state index in [0.29, 0.717) is 34.5 Å². The molecule has 0 aliphatic carbocycles. The molecule has 0 fully saturated rings. The van der Waals surface area contributed by atoms with Gasteiger partial charge in [-0.3, -0.25) is 4.79 Å². The van der Waals surface area contributed by atoms with E-state index in [1.807, 2.05) is 36.4 Å². The molecule has 1 amide bonds. The molecule has 3 N–H and O–H groups in total. The lowest BCUT2D eigenvalue weighted by atomic mass is 9.83. The normalized spacial score (nSPS) is 14.9. The standard InChI is InChI=1S/C27H28BrN3O6/c1-4-35-27(33)24-16(2)37-26(30)19(14-29)25(24)18-12-21(34-3)22(13-20(18)28)36-15-23(32)31-11-10-17-8-6-5-7-9-17/h5-9,12-13,25H,4,10-11,15,30H2,1-3H3,(H,31,32). The van der Waals surface area contributed by atoms with Crippen LogP contribution < -0.4 is 20.5 Å². The first-order chi connectivity index (χ1) is 17.8. The monoisotopic (exact) mass is 569 g/mol. The van der Waals surface area contributed by atoms with E-state index < -0.39 is 11.9 Å². The number of halogens is 1. The lowest BCUT2D eigenvalue weighted by Gasteiger charge is -2.28. The summed E-state index contributed by atoms with van der Waals surface area (Å²) in [5.74, 6) is -1.03. The molecule has 9 nitrogen and oxygen atoms in total. The van der Waals surface area contributed by atoms with Gasteiger partial charge in [-0.2, -0.15) is 5.26 Å². The topological polar surface area (TPSA) is 133 Å². The van der Waals surface area contributed by atoms with Crippen molar-refractivity contribution in [2.75, 3.05) is 26.9 Å². The Balaban J connectivity index is 1.81. The minimum Gasteiger partial charge on any atom is -0.493 e. The average Bonchev–Trinajstić information content (AvgIpc) is 2.88. The summed E-state index contributed by atoms with van der Waals surface area (Å²) in [6, 6.07) is 15.1. The molecule has 0 saturated heterocycles. The summed E-state index contributed by atoms with van der Waals surface area (Å²) < 4.78 is 22.4. The zero-order chi connectivity index (χ0) is 26.9. The highest BCUT2D eigenvalue weighted by atomic mass is 79.9. The summed E-state index contributed by atoms with van der Waals surface area (Å²) in [6.45, 7) is 3.67. The van der Waals surface area contributed by atoms with Crippen molar-refractivity contribution in [1.29, 1.82) is 5.26 Å². The number of hydrogen-bond acceptors (Lipinski definition) is 8. The second kappa shape index (κ2) is 12.8. The number of nitriles is 1. The minimum atomic E-state index is -0.864. The van der Waals surface area contributed by atoms with Crippen LogP contribution >= 0.6 is 15.9 Å². The predicted molar refractivity (Wildman–Crippen MR) is 139 cm³/mol. The van der Waals surface area contributed by atoms with E-state index in [9.17, 15) is 14.9 Å². The van der Waals surface area contributed by atoms with E-state index in [-0.39, 0.29) is 41.9 Å². The number of nitrogens with zero attached hydrogens (tertiary/aromatic N) is 1. The highest BCUT2D eigenvalue weighted by Crippen LogP contribution is 2.45. The van der Waals surface area contributed by atoms with Gasteiger partial charge in [-0.15, -0.1) is 0 Å². The Labute approximate surface area is 224 Å². The van der Waals surface area contributed by atoms with Gasteiger partial charge in [-0.25, -0.2) is 4.79 Å². The molecule has 1 aliphatic heterocycles.